The lowest BCUT2D eigenvalue weighted by atomic mass is 10.3. The molecule has 15 heavy (non-hydrogen) atoms. The number of hydrogen-bond acceptors (Lipinski definition) is 2. The highest BCUT2D eigenvalue weighted by Gasteiger charge is 2.10. The highest BCUT2D eigenvalue weighted by Crippen LogP contribution is 2.12. The van der Waals surface area contributed by atoms with Crippen molar-refractivity contribution in [2.24, 2.45) is 0 Å². The second kappa shape index (κ2) is 5.56. The molecule has 1 atom stereocenters. The fraction of sp³-hybridized carbons (Fsp3) is 0.300. The summed E-state index contributed by atoms with van der Waals surface area (Å²) in [5, 5.41) is 2.28. The van der Waals surface area contributed by atoms with Crippen LogP contribution in [0.5, 0.6) is 0 Å². The van der Waals surface area contributed by atoms with E-state index in [0.717, 1.165) is 0 Å². The molecule has 3 nitrogen and oxygen atoms in total. The zero-order valence-electron chi connectivity index (χ0n) is 8.17. The Balaban J connectivity index is 2.55. The molecule has 1 rings (SSSR count). The second-order valence-corrected chi connectivity index (χ2v) is 3.28. The number of nitrogens with one attached hydrogen (secondary N) is 1. The number of carbonyl (C=O) groups excluding carboxylic acids is 1. The molecule has 82 valence electrons. The van der Waals surface area contributed by atoms with Gasteiger partial charge in [0.1, 0.15) is 11.9 Å². The topological polar surface area (TPSA) is 38.3 Å². The van der Waals surface area contributed by atoms with Gasteiger partial charge in [-0.2, -0.15) is 0 Å². The molecule has 0 aliphatic heterocycles. The zero-order chi connectivity index (χ0) is 11.3. The van der Waals surface area contributed by atoms with Crippen LogP contribution in [0.25, 0.3) is 0 Å². The van der Waals surface area contributed by atoms with E-state index >= 15 is 0 Å². The molecule has 1 N–H and O–H groups in total. The van der Waals surface area contributed by atoms with E-state index in [2.05, 4.69) is 5.32 Å². The summed E-state index contributed by atoms with van der Waals surface area (Å²) < 4.78 is 17.9. The van der Waals surface area contributed by atoms with E-state index in [1.54, 1.807) is 13.0 Å². The van der Waals surface area contributed by atoms with Crippen molar-refractivity contribution in [3.05, 3.63) is 30.1 Å². The quantitative estimate of drug-likeness (QED) is 0.813. The summed E-state index contributed by atoms with van der Waals surface area (Å²) in [5.41, 5.74) is 0.0873. The molecule has 1 aromatic carbocycles. The molecule has 0 saturated carbocycles. The summed E-state index contributed by atoms with van der Waals surface area (Å²) in [7, 11) is 0. The fourth-order valence-electron chi connectivity index (χ4n) is 0.916. The number of rotatable bonds is 3. The zero-order valence-corrected chi connectivity index (χ0v) is 8.92. The van der Waals surface area contributed by atoms with Gasteiger partial charge in [-0.25, -0.2) is 9.18 Å². The Morgan fingerprint density at radius 3 is 2.87 bits per heavy atom. The van der Waals surface area contributed by atoms with Crippen LogP contribution in [-0.4, -0.2) is 18.1 Å². The van der Waals surface area contributed by atoms with Crippen molar-refractivity contribution < 1.29 is 13.9 Å². The number of anilines is 1. The number of ether oxygens (including phenoxy) is 1. The Labute approximate surface area is 92.2 Å². The van der Waals surface area contributed by atoms with Crippen molar-refractivity contribution in [3.63, 3.8) is 0 Å². The lowest BCUT2D eigenvalue weighted by Gasteiger charge is -2.11. The van der Waals surface area contributed by atoms with Crippen molar-refractivity contribution in [3.8, 4) is 0 Å². The van der Waals surface area contributed by atoms with Crippen molar-refractivity contribution in [1.82, 2.24) is 0 Å². The van der Waals surface area contributed by atoms with Crippen LogP contribution in [0.1, 0.15) is 6.92 Å². The molecule has 0 aromatic heterocycles. The summed E-state index contributed by atoms with van der Waals surface area (Å²) >= 11 is 5.45. The Morgan fingerprint density at radius 2 is 2.27 bits per heavy atom. The van der Waals surface area contributed by atoms with Gasteiger partial charge in [0, 0.05) is 0 Å². The number of halogens is 2. The summed E-state index contributed by atoms with van der Waals surface area (Å²) in [6.45, 7) is 1.65. The summed E-state index contributed by atoms with van der Waals surface area (Å²) in [6.07, 6.45) is -1.12. The van der Waals surface area contributed by atoms with Crippen LogP contribution in [0.2, 0.25) is 0 Å². The third kappa shape index (κ3) is 3.75. The molecule has 0 saturated heterocycles. The first kappa shape index (κ1) is 11.8. The van der Waals surface area contributed by atoms with Gasteiger partial charge in [-0.1, -0.05) is 12.1 Å². The Bertz CT molecular complexity index is 346. The molecule has 0 bridgehead atoms. The summed E-state index contributed by atoms with van der Waals surface area (Å²) in [5.74, 6) is -0.307. The van der Waals surface area contributed by atoms with Crippen molar-refractivity contribution in [2.75, 3.05) is 11.2 Å². The maximum Gasteiger partial charge on any atom is 0.412 e. The van der Waals surface area contributed by atoms with Crippen molar-refractivity contribution >= 4 is 23.4 Å². The Morgan fingerprint density at radius 1 is 1.60 bits per heavy atom. The SMILES string of the molecule is CC(CCl)OC(=O)Nc1ccccc1F. The van der Waals surface area contributed by atoms with Crippen LogP contribution in [0, 0.1) is 5.82 Å². The smallest absolute Gasteiger partial charge is 0.412 e. The van der Waals surface area contributed by atoms with E-state index in [1.165, 1.54) is 18.2 Å². The molecule has 0 aliphatic carbocycles. The standard InChI is InChI=1S/C10H11ClFNO2/c1-7(6-11)15-10(14)13-9-5-3-2-4-8(9)12/h2-5,7H,6H2,1H3,(H,13,14). The Hall–Kier alpha value is -1.29. The van der Waals surface area contributed by atoms with Crippen LogP contribution < -0.4 is 5.32 Å². The number of alkyl halides is 1. The molecular weight excluding hydrogens is 221 g/mol. The largest absolute Gasteiger partial charge is 0.445 e. The first-order valence-electron chi connectivity index (χ1n) is 4.41. The molecule has 0 heterocycles. The number of amides is 1. The third-order valence-corrected chi connectivity index (χ3v) is 2.07. The van der Waals surface area contributed by atoms with Gasteiger partial charge in [-0.15, -0.1) is 11.6 Å². The summed E-state index contributed by atoms with van der Waals surface area (Å²) in [6, 6.07) is 5.85. The van der Waals surface area contributed by atoms with Crippen molar-refractivity contribution in [1.29, 1.82) is 0 Å². The van der Waals surface area contributed by atoms with Gasteiger partial charge in [0.15, 0.2) is 0 Å². The number of benzene rings is 1. The monoisotopic (exact) mass is 231 g/mol. The van der Waals surface area contributed by atoms with Crippen LogP contribution in [-0.2, 0) is 4.74 Å². The lowest BCUT2D eigenvalue weighted by molar-refractivity contribution is 0.131. The van der Waals surface area contributed by atoms with E-state index in [1.807, 2.05) is 0 Å². The van der Waals surface area contributed by atoms with Crippen LogP contribution in [0.3, 0.4) is 0 Å². The molecule has 0 aliphatic rings. The van der Waals surface area contributed by atoms with E-state index in [-0.39, 0.29) is 11.6 Å². The maximum absolute atomic E-state index is 13.1. The van der Waals surface area contributed by atoms with E-state index in [0.29, 0.717) is 0 Å². The summed E-state index contributed by atoms with van der Waals surface area (Å²) in [4.78, 5) is 11.2. The van der Waals surface area contributed by atoms with Crippen LogP contribution in [0.15, 0.2) is 24.3 Å². The van der Waals surface area contributed by atoms with E-state index in [4.69, 9.17) is 16.3 Å². The molecule has 1 amide bonds. The predicted molar refractivity (Wildman–Crippen MR) is 56.7 cm³/mol. The average molecular weight is 232 g/mol. The minimum absolute atomic E-state index is 0.0873. The Kier molecular flexibility index (Phi) is 4.37. The molecule has 0 spiro atoms. The van der Waals surface area contributed by atoms with E-state index < -0.39 is 18.0 Å². The second-order valence-electron chi connectivity index (χ2n) is 2.98. The van der Waals surface area contributed by atoms with E-state index in [9.17, 15) is 9.18 Å². The minimum atomic E-state index is -0.715. The van der Waals surface area contributed by atoms with Gasteiger partial charge in [-0.3, -0.25) is 5.32 Å². The lowest BCUT2D eigenvalue weighted by Crippen LogP contribution is -2.21. The first-order valence-corrected chi connectivity index (χ1v) is 4.95. The minimum Gasteiger partial charge on any atom is -0.445 e. The van der Waals surface area contributed by atoms with Crippen LogP contribution in [0.4, 0.5) is 14.9 Å². The average Bonchev–Trinajstić information content (AvgIpc) is 2.21. The van der Waals surface area contributed by atoms with Crippen LogP contribution >= 0.6 is 11.6 Å². The maximum atomic E-state index is 13.1. The van der Waals surface area contributed by atoms with Gasteiger partial charge in [0.05, 0.1) is 11.6 Å². The normalized spacial score (nSPS) is 11.9. The van der Waals surface area contributed by atoms with Gasteiger partial charge in [-0.05, 0) is 19.1 Å². The number of hydrogen-bond donors (Lipinski definition) is 1. The molecule has 1 unspecified atom stereocenters. The highest BCUT2D eigenvalue weighted by atomic mass is 35.5. The molecule has 0 fully saturated rings. The fourth-order valence-corrected chi connectivity index (χ4v) is 0.979. The van der Waals surface area contributed by atoms with Gasteiger partial charge in [0.25, 0.3) is 0 Å². The third-order valence-electron chi connectivity index (χ3n) is 1.64. The van der Waals surface area contributed by atoms with Gasteiger partial charge >= 0.3 is 6.09 Å². The molecule has 0 radical (unpaired) electrons. The number of para-hydroxylation sites is 1. The molecule has 5 heteroatoms. The highest BCUT2D eigenvalue weighted by molar-refractivity contribution is 6.18. The van der Waals surface area contributed by atoms with Gasteiger partial charge < -0.3 is 4.74 Å². The predicted octanol–water partition coefficient (Wildman–Crippen LogP) is 3.00. The first-order chi connectivity index (χ1) is 7.13. The molecular formula is C10H11ClFNO2. The number of carbonyl (C=O) groups is 1. The van der Waals surface area contributed by atoms with Crippen molar-refractivity contribution in [2.45, 2.75) is 13.0 Å². The van der Waals surface area contributed by atoms with Gasteiger partial charge in [0.2, 0.25) is 0 Å². The molecule has 1 aromatic rings.